The van der Waals surface area contributed by atoms with Crippen LogP contribution < -0.4 is 5.32 Å². The first-order valence-corrected chi connectivity index (χ1v) is 11.4. The lowest BCUT2D eigenvalue weighted by Gasteiger charge is -2.30. The van der Waals surface area contributed by atoms with Crippen molar-refractivity contribution in [1.82, 2.24) is 9.62 Å². The quantitative estimate of drug-likeness (QED) is 0.645. The number of ether oxygens (including phenoxy) is 1. The average Bonchev–Trinajstić information content (AvgIpc) is 3.33. The van der Waals surface area contributed by atoms with Crippen molar-refractivity contribution >= 4 is 27.8 Å². The van der Waals surface area contributed by atoms with E-state index in [1.165, 1.54) is 47.0 Å². The van der Waals surface area contributed by atoms with Gasteiger partial charge in [0.05, 0.1) is 16.7 Å². The van der Waals surface area contributed by atoms with Crippen LogP contribution in [0.15, 0.2) is 52.0 Å². The van der Waals surface area contributed by atoms with E-state index in [1.807, 2.05) is 5.32 Å². The molecule has 0 bridgehead atoms. The number of furan rings is 1. The maximum absolute atomic E-state index is 12.8. The second kappa shape index (κ2) is 9.88. The fourth-order valence-corrected chi connectivity index (χ4v) is 4.83. The van der Waals surface area contributed by atoms with Crippen molar-refractivity contribution in [1.29, 1.82) is 0 Å². The molecule has 1 aromatic heterocycles. The molecule has 1 aromatic carbocycles. The Morgan fingerprint density at radius 2 is 1.77 bits per heavy atom. The number of esters is 1. The first-order chi connectivity index (χ1) is 14.8. The molecule has 0 atom stereocenters. The van der Waals surface area contributed by atoms with Crippen LogP contribution in [0.4, 0.5) is 0 Å². The molecular formula is C21H24N2O7S. The van der Waals surface area contributed by atoms with E-state index in [-0.39, 0.29) is 22.3 Å². The van der Waals surface area contributed by atoms with Crippen LogP contribution in [0.25, 0.3) is 0 Å². The third-order valence-electron chi connectivity index (χ3n) is 5.19. The third-order valence-corrected chi connectivity index (χ3v) is 7.11. The van der Waals surface area contributed by atoms with Crippen LogP contribution in [0.5, 0.6) is 0 Å². The largest absolute Gasteiger partial charge is 0.459 e. The SMILES string of the molecule is CN(C1CCCCC1)S(=O)(=O)c1ccc(C(=O)OCC(=O)NC(=O)c2ccco2)cc1. The van der Waals surface area contributed by atoms with E-state index in [1.54, 1.807) is 7.05 Å². The second-order valence-electron chi connectivity index (χ2n) is 7.27. The lowest BCUT2D eigenvalue weighted by atomic mass is 9.96. The van der Waals surface area contributed by atoms with E-state index in [2.05, 4.69) is 0 Å². The molecule has 3 rings (SSSR count). The summed E-state index contributed by atoms with van der Waals surface area (Å²) in [4.78, 5) is 35.7. The van der Waals surface area contributed by atoms with Gasteiger partial charge in [-0.2, -0.15) is 4.31 Å². The fourth-order valence-electron chi connectivity index (χ4n) is 3.42. The molecule has 1 fully saturated rings. The molecule has 1 aliphatic rings. The minimum Gasteiger partial charge on any atom is -0.459 e. The number of carbonyl (C=O) groups is 3. The Bertz CT molecular complexity index is 1020. The topological polar surface area (TPSA) is 123 Å². The number of amides is 2. The summed E-state index contributed by atoms with van der Waals surface area (Å²) in [5, 5.41) is 2.03. The number of imide groups is 1. The monoisotopic (exact) mass is 448 g/mol. The van der Waals surface area contributed by atoms with E-state index in [4.69, 9.17) is 9.15 Å². The van der Waals surface area contributed by atoms with Crippen LogP contribution in [-0.2, 0) is 19.6 Å². The van der Waals surface area contributed by atoms with Gasteiger partial charge < -0.3 is 9.15 Å². The van der Waals surface area contributed by atoms with Crippen LogP contribution >= 0.6 is 0 Å². The molecule has 166 valence electrons. The molecule has 0 saturated heterocycles. The summed E-state index contributed by atoms with van der Waals surface area (Å²) >= 11 is 0. The maximum Gasteiger partial charge on any atom is 0.338 e. The van der Waals surface area contributed by atoms with Crippen molar-refractivity contribution in [2.75, 3.05) is 13.7 Å². The molecule has 0 aliphatic heterocycles. The number of rotatable bonds is 7. The molecule has 1 N–H and O–H groups in total. The van der Waals surface area contributed by atoms with Crippen LogP contribution in [0.3, 0.4) is 0 Å². The summed E-state index contributed by atoms with van der Waals surface area (Å²) < 4.78 is 36.8. The number of hydrogen-bond acceptors (Lipinski definition) is 7. The molecular weight excluding hydrogens is 424 g/mol. The van der Waals surface area contributed by atoms with Crippen molar-refractivity contribution in [3.63, 3.8) is 0 Å². The molecule has 0 radical (unpaired) electrons. The van der Waals surface area contributed by atoms with E-state index >= 15 is 0 Å². The highest BCUT2D eigenvalue weighted by atomic mass is 32.2. The Balaban J connectivity index is 1.55. The number of carbonyl (C=O) groups excluding carboxylic acids is 3. The standard InChI is InChI=1S/C21H24N2O7S/c1-23(16-6-3-2-4-7-16)31(27,28)17-11-9-15(10-12-17)21(26)30-14-19(24)22-20(25)18-8-5-13-29-18/h5,8-13,16H,2-4,6-7,14H2,1H3,(H,22,24,25). The van der Waals surface area contributed by atoms with Gasteiger partial charge in [0.1, 0.15) is 0 Å². The number of nitrogens with zero attached hydrogens (tertiary/aromatic N) is 1. The minimum absolute atomic E-state index is 0.0224. The Hall–Kier alpha value is -2.98. The smallest absolute Gasteiger partial charge is 0.338 e. The molecule has 0 spiro atoms. The predicted octanol–water partition coefficient (Wildman–Crippen LogP) is 2.35. The Kier molecular flexibility index (Phi) is 7.24. The van der Waals surface area contributed by atoms with Crippen molar-refractivity contribution in [2.45, 2.75) is 43.0 Å². The lowest BCUT2D eigenvalue weighted by molar-refractivity contribution is -0.123. The lowest BCUT2D eigenvalue weighted by Crippen LogP contribution is -2.38. The van der Waals surface area contributed by atoms with Gasteiger partial charge in [-0.15, -0.1) is 0 Å². The Morgan fingerprint density at radius 1 is 1.10 bits per heavy atom. The number of hydrogen-bond donors (Lipinski definition) is 1. The summed E-state index contributed by atoms with van der Waals surface area (Å²) in [6.45, 7) is -0.671. The third kappa shape index (κ3) is 5.59. The predicted molar refractivity (Wildman–Crippen MR) is 110 cm³/mol. The zero-order valence-corrected chi connectivity index (χ0v) is 17.9. The van der Waals surface area contributed by atoms with Crippen LogP contribution in [-0.4, -0.2) is 50.2 Å². The molecule has 1 saturated carbocycles. The highest BCUT2D eigenvalue weighted by Gasteiger charge is 2.29. The normalized spacial score (nSPS) is 14.9. The summed E-state index contributed by atoms with van der Waals surface area (Å²) in [5.41, 5.74) is 0.0874. The first kappa shape index (κ1) is 22.7. The maximum atomic E-state index is 12.8. The zero-order valence-electron chi connectivity index (χ0n) is 17.1. The summed E-state index contributed by atoms with van der Waals surface area (Å²) in [6, 6.07) is 8.20. The molecule has 31 heavy (non-hydrogen) atoms. The van der Waals surface area contributed by atoms with E-state index < -0.39 is 34.4 Å². The van der Waals surface area contributed by atoms with Crippen LogP contribution in [0.1, 0.15) is 53.0 Å². The summed E-state index contributed by atoms with van der Waals surface area (Å²) in [6.07, 6.45) is 6.10. The van der Waals surface area contributed by atoms with Crippen LogP contribution in [0, 0.1) is 0 Å². The fraction of sp³-hybridized carbons (Fsp3) is 0.381. The second-order valence-corrected chi connectivity index (χ2v) is 9.27. The molecule has 10 heteroatoms. The van der Waals surface area contributed by atoms with Gasteiger partial charge in [0.15, 0.2) is 12.4 Å². The Labute approximate surface area is 180 Å². The first-order valence-electron chi connectivity index (χ1n) is 9.92. The molecule has 9 nitrogen and oxygen atoms in total. The minimum atomic E-state index is -3.67. The number of sulfonamides is 1. The van der Waals surface area contributed by atoms with Gasteiger partial charge >= 0.3 is 5.97 Å². The summed E-state index contributed by atoms with van der Waals surface area (Å²) in [7, 11) is -2.09. The zero-order chi connectivity index (χ0) is 22.4. The van der Waals surface area contributed by atoms with Gasteiger partial charge in [0, 0.05) is 13.1 Å². The van der Waals surface area contributed by atoms with Crippen molar-refractivity contribution in [2.24, 2.45) is 0 Å². The van der Waals surface area contributed by atoms with Crippen molar-refractivity contribution in [3.05, 3.63) is 54.0 Å². The van der Waals surface area contributed by atoms with Gasteiger partial charge in [-0.05, 0) is 49.2 Å². The number of benzene rings is 1. The van der Waals surface area contributed by atoms with E-state index in [9.17, 15) is 22.8 Å². The Morgan fingerprint density at radius 3 is 2.39 bits per heavy atom. The highest BCUT2D eigenvalue weighted by molar-refractivity contribution is 7.89. The summed E-state index contributed by atoms with van der Waals surface area (Å²) in [5.74, 6) is -2.43. The van der Waals surface area contributed by atoms with Crippen molar-refractivity contribution < 1.29 is 32.0 Å². The molecule has 2 aromatic rings. The molecule has 2 amide bonds. The van der Waals surface area contributed by atoms with Gasteiger partial charge in [-0.25, -0.2) is 13.2 Å². The van der Waals surface area contributed by atoms with Gasteiger partial charge in [0.2, 0.25) is 10.0 Å². The molecule has 1 aliphatic carbocycles. The average molecular weight is 448 g/mol. The van der Waals surface area contributed by atoms with Crippen LogP contribution in [0.2, 0.25) is 0 Å². The molecule has 1 heterocycles. The van der Waals surface area contributed by atoms with Gasteiger partial charge in [-0.1, -0.05) is 19.3 Å². The van der Waals surface area contributed by atoms with Crippen molar-refractivity contribution in [3.8, 4) is 0 Å². The van der Waals surface area contributed by atoms with E-state index in [0.717, 1.165) is 32.1 Å². The van der Waals surface area contributed by atoms with Gasteiger partial charge in [0.25, 0.3) is 11.8 Å². The highest BCUT2D eigenvalue weighted by Crippen LogP contribution is 2.26. The van der Waals surface area contributed by atoms with E-state index in [0.29, 0.717) is 0 Å². The molecule has 0 unspecified atom stereocenters. The van der Waals surface area contributed by atoms with Gasteiger partial charge in [-0.3, -0.25) is 14.9 Å². The number of nitrogens with one attached hydrogen (secondary N) is 1.